The number of aromatic amines is 1. The van der Waals surface area contributed by atoms with Gasteiger partial charge >= 0.3 is 0 Å². The number of fused-ring (bicyclic) bond motifs is 1. The maximum absolute atomic E-state index is 12.4. The Morgan fingerprint density at radius 3 is 2.71 bits per heavy atom. The lowest BCUT2D eigenvalue weighted by Crippen LogP contribution is -2.26. The van der Waals surface area contributed by atoms with Crippen LogP contribution in [-0.4, -0.2) is 28.0 Å². The van der Waals surface area contributed by atoms with Gasteiger partial charge in [0.1, 0.15) is 10.7 Å². The zero-order chi connectivity index (χ0) is 16.9. The van der Waals surface area contributed by atoms with Crippen molar-refractivity contribution in [3.8, 4) is 10.4 Å². The lowest BCUT2D eigenvalue weighted by atomic mass is 10.2. The van der Waals surface area contributed by atoms with E-state index in [4.69, 9.17) is 4.98 Å². The molecule has 126 valence electrons. The highest BCUT2D eigenvalue weighted by Gasteiger charge is 2.12. The molecule has 2 aromatic heterocycles. The predicted octanol–water partition coefficient (Wildman–Crippen LogP) is 4.27. The van der Waals surface area contributed by atoms with Gasteiger partial charge in [-0.2, -0.15) is 0 Å². The van der Waals surface area contributed by atoms with Crippen LogP contribution >= 0.6 is 11.3 Å². The summed E-state index contributed by atoms with van der Waals surface area (Å²) in [7, 11) is 0. The van der Waals surface area contributed by atoms with Gasteiger partial charge < -0.3 is 4.98 Å². The van der Waals surface area contributed by atoms with Gasteiger partial charge in [0, 0.05) is 4.88 Å². The van der Waals surface area contributed by atoms with E-state index < -0.39 is 0 Å². The Bertz CT molecular complexity index is 854. The summed E-state index contributed by atoms with van der Waals surface area (Å²) in [5.74, 6) is 0.756. The van der Waals surface area contributed by atoms with E-state index in [9.17, 15) is 4.79 Å². The number of hydrogen-bond acceptors (Lipinski definition) is 4. The fraction of sp³-hybridized carbons (Fsp3) is 0.368. The molecule has 0 bridgehead atoms. The molecule has 3 aromatic rings. The van der Waals surface area contributed by atoms with Crippen molar-refractivity contribution in [3.63, 3.8) is 0 Å². The molecular weight excluding hydrogens is 318 g/mol. The monoisotopic (exact) mass is 341 g/mol. The number of unbranched alkanes of at least 4 members (excludes halogenated alkanes) is 1. The van der Waals surface area contributed by atoms with Crippen LogP contribution < -0.4 is 5.56 Å². The molecule has 5 heteroatoms. The van der Waals surface area contributed by atoms with Crippen LogP contribution in [0, 0.1) is 0 Å². The molecule has 24 heavy (non-hydrogen) atoms. The Balaban J connectivity index is 1.91. The Labute approximate surface area is 146 Å². The average Bonchev–Trinajstić information content (AvgIpc) is 3.04. The van der Waals surface area contributed by atoms with Crippen LogP contribution in [0.5, 0.6) is 0 Å². The predicted molar refractivity (Wildman–Crippen MR) is 102 cm³/mol. The molecule has 0 spiro atoms. The third-order valence-corrected chi connectivity index (χ3v) is 5.24. The lowest BCUT2D eigenvalue weighted by molar-refractivity contribution is 0.269. The van der Waals surface area contributed by atoms with Crippen LogP contribution in [-0.2, 0) is 6.54 Å². The third kappa shape index (κ3) is 3.74. The number of hydrogen-bond donors (Lipinski definition) is 1. The van der Waals surface area contributed by atoms with Crippen molar-refractivity contribution in [1.82, 2.24) is 14.9 Å². The van der Waals surface area contributed by atoms with E-state index in [0.717, 1.165) is 40.6 Å². The van der Waals surface area contributed by atoms with Crippen molar-refractivity contribution >= 4 is 21.6 Å². The van der Waals surface area contributed by atoms with Gasteiger partial charge in [0.15, 0.2) is 0 Å². The van der Waals surface area contributed by atoms with Gasteiger partial charge in [-0.3, -0.25) is 9.69 Å². The number of thiophene rings is 1. The van der Waals surface area contributed by atoms with Crippen molar-refractivity contribution in [1.29, 1.82) is 0 Å². The molecule has 0 saturated carbocycles. The van der Waals surface area contributed by atoms with Crippen LogP contribution in [0.2, 0.25) is 0 Å². The number of nitrogens with one attached hydrogen (secondary N) is 1. The Hall–Kier alpha value is -1.98. The van der Waals surface area contributed by atoms with Crippen LogP contribution in [0.3, 0.4) is 0 Å². The highest BCUT2D eigenvalue weighted by Crippen LogP contribution is 2.30. The number of nitrogens with zero attached hydrogens (tertiary/aromatic N) is 2. The Kier molecular flexibility index (Phi) is 5.43. The summed E-state index contributed by atoms with van der Waals surface area (Å²) < 4.78 is 0. The highest BCUT2D eigenvalue weighted by atomic mass is 32.1. The maximum atomic E-state index is 12.4. The van der Waals surface area contributed by atoms with E-state index in [1.165, 1.54) is 6.42 Å². The fourth-order valence-electron chi connectivity index (χ4n) is 2.74. The number of rotatable bonds is 7. The molecule has 3 rings (SSSR count). The number of H-pyrrole nitrogens is 1. The molecule has 2 heterocycles. The summed E-state index contributed by atoms with van der Waals surface area (Å²) in [4.78, 5) is 24.3. The van der Waals surface area contributed by atoms with Crippen LogP contribution in [0.1, 0.15) is 32.5 Å². The van der Waals surface area contributed by atoms with Gasteiger partial charge in [0.2, 0.25) is 0 Å². The molecule has 0 atom stereocenters. The van der Waals surface area contributed by atoms with E-state index in [1.807, 2.05) is 24.3 Å². The standard InChI is InChI=1S/C19H23N3OS/c1-3-5-11-22(4-2)13-17-20-18(23)15-12-16(24-19(15)21-17)14-9-7-6-8-10-14/h6-10,12H,3-5,11,13H2,1-2H3,(H,20,21,23). The minimum atomic E-state index is -0.0417. The fourth-order valence-corrected chi connectivity index (χ4v) is 3.79. The van der Waals surface area contributed by atoms with E-state index in [1.54, 1.807) is 11.3 Å². The minimum absolute atomic E-state index is 0.0417. The molecular formula is C19H23N3OS. The summed E-state index contributed by atoms with van der Waals surface area (Å²) in [6.45, 7) is 7.03. The second kappa shape index (κ2) is 7.73. The first kappa shape index (κ1) is 16.9. The smallest absolute Gasteiger partial charge is 0.259 e. The van der Waals surface area contributed by atoms with Gasteiger partial charge in [0.25, 0.3) is 5.56 Å². The zero-order valence-corrected chi connectivity index (χ0v) is 15.0. The first-order chi connectivity index (χ1) is 11.7. The molecule has 4 nitrogen and oxygen atoms in total. The summed E-state index contributed by atoms with van der Waals surface area (Å²) in [6, 6.07) is 12.1. The minimum Gasteiger partial charge on any atom is -0.309 e. The van der Waals surface area contributed by atoms with Crippen molar-refractivity contribution < 1.29 is 0 Å². The topological polar surface area (TPSA) is 49.0 Å². The quantitative estimate of drug-likeness (QED) is 0.698. The van der Waals surface area contributed by atoms with Crippen molar-refractivity contribution in [2.75, 3.05) is 13.1 Å². The molecule has 0 aliphatic heterocycles. The summed E-state index contributed by atoms with van der Waals surface area (Å²) in [5, 5.41) is 0.680. The zero-order valence-electron chi connectivity index (χ0n) is 14.2. The summed E-state index contributed by atoms with van der Waals surface area (Å²) in [5.41, 5.74) is 1.08. The largest absolute Gasteiger partial charge is 0.309 e. The molecule has 0 amide bonds. The maximum Gasteiger partial charge on any atom is 0.259 e. The Morgan fingerprint density at radius 2 is 2.00 bits per heavy atom. The molecule has 0 unspecified atom stereocenters. The molecule has 0 aliphatic rings. The van der Waals surface area contributed by atoms with Gasteiger partial charge in [0.05, 0.1) is 11.9 Å². The van der Waals surface area contributed by atoms with Crippen molar-refractivity contribution in [2.24, 2.45) is 0 Å². The van der Waals surface area contributed by atoms with Gasteiger partial charge in [-0.15, -0.1) is 11.3 Å². The van der Waals surface area contributed by atoms with Gasteiger partial charge in [-0.05, 0) is 31.1 Å². The second-order valence-electron chi connectivity index (χ2n) is 5.93. The first-order valence-corrected chi connectivity index (χ1v) is 9.33. The van der Waals surface area contributed by atoms with E-state index in [0.29, 0.717) is 11.9 Å². The van der Waals surface area contributed by atoms with E-state index >= 15 is 0 Å². The average molecular weight is 341 g/mol. The van der Waals surface area contributed by atoms with Crippen LogP contribution in [0.4, 0.5) is 0 Å². The van der Waals surface area contributed by atoms with E-state index in [-0.39, 0.29) is 5.56 Å². The van der Waals surface area contributed by atoms with E-state index in [2.05, 4.69) is 35.9 Å². The summed E-state index contributed by atoms with van der Waals surface area (Å²) >= 11 is 1.58. The molecule has 0 saturated heterocycles. The number of benzene rings is 1. The molecule has 1 aromatic carbocycles. The van der Waals surface area contributed by atoms with Crippen molar-refractivity contribution in [2.45, 2.75) is 33.2 Å². The van der Waals surface area contributed by atoms with Gasteiger partial charge in [-0.25, -0.2) is 4.98 Å². The SMILES string of the molecule is CCCCN(CC)Cc1nc2sc(-c3ccccc3)cc2c(=O)[nH]1. The van der Waals surface area contributed by atoms with Gasteiger partial charge in [-0.1, -0.05) is 50.6 Å². The summed E-state index contributed by atoms with van der Waals surface area (Å²) in [6.07, 6.45) is 2.34. The lowest BCUT2D eigenvalue weighted by Gasteiger charge is -2.19. The van der Waals surface area contributed by atoms with Crippen molar-refractivity contribution in [3.05, 3.63) is 52.6 Å². The normalized spacial score (nSPS) is 11.5. The molecule has 0 fully saturated rings. The Morgan fingerprint density at radius 1 is 1.21 bits per heavy atom. The van der Waals surface area contributed by atoms with Crippen LogP contribution in [0.15, 0.2) is 41.2 Å². The second-order valence-corrected chi connectivity index (χ2v) is 6.96. The molecule has 1 N–H and O–H groups in total. The third-order valence-electron chi connectivity index (χ3n) is 4.16. The van der Waals surface area contributed by atoms with Crippen LogP contribution in [0.25, 0.3) is 20.7 Å². The molecule has 0 aliphatic carbocycles. The molecule has 0 radical (unpaired) electrons. The number of aromatic nitrogens is 2. The highest BCUT2D eigenvalue weighted by molar-refractivity contribution is 7.21. The first-order valence-electron chi connectivity index (χ1n) is 8.51.